The minimum Gasteiger partial charge on any atom is -0.200 e. The molecule has 0 saturated heterocycles. The zero-order chi connectivity index (χ0) is 16.9. The normalized spacial score (nSPS) is 14.6. The van der Waals surface area contributed by atoms with Gasteiger partial charge in [-0.2, -0.15) is 35.1 Å². The van der Waals surface area contributed by atoms with Gasteiger partial charge in [-0.3, -0.25) is 0 Å². The van der Waals surface area contributed by atoms with E-state index in [1.165, 1.54) is 0 Å². The van der Waals surface area contributed by atoms with Crippen LogP contribution in [0.4, 0.5) is 35.1 Å². The van der Waals surface area contributed by atoms with Crippen LogP contribution in [0.25, 0.3) is 0 Å². The average molecular weight is 440 g/mol. The van der Waals surface area contributed by atoms with Gasteiger partial charge in [-0.15, -0.1) is 0 Å². The zero-order valence-corrected chi connectivity index (χ0v) is 13.5. The van der Waals surface area contributed by atoms with Gasteiger partial charge in [0.2, 0.25) is 0 Å². The van der Waals surface area contributed by atoms with Gasteiger partial charge in [-0.1, -0.05) is 55.2 Å². The van der Waals surface area contributed by atoms with E-state index in [0.29, 0.717) is 12.8 Å². The van der Waals surface area contributed by atoms with Crippen LogP contribution in [0.15, 0.2) is 0 Å². The number of unbranched alkanes of at least 4 members (excludes halogenated alkanes) is 4. The highest BCUT2D eigenvalue weighted by Gasteiger charge is 2.79. The molecule has 0 radical (unpaired) electrons. The summed E-state index contributed by atoms with van der Waals surface area (Å²) in [6.45, 7) is 1.84. The van der Waals surface area contributed by atoms with Crippen LogP contribution in [0, 0.1) is 0 Å². The molecule has 0 aromatic rings. The minimum absolute atomic E-state index is 0.160. The van der Waals surface area contributed by atoms with Crippen molar-refractivity contribution in [3.05, 3.63) is 0 Å². The molecule has 0 heterocycles. The standard InChI is InChI=1S/C12H17F8I/c1-2-3-4-5-6-7-9(13,14)11(17,18)12(19,20)10(15,16)8-21/h2-8H2,1H3. The molecule has 0 saturated carbocycles. The average Bonchev–Trinajstić information content (AvgIpc) is 2.37. The quantitative estimate of drug-likeness (QED) is 0.161. The number of rotatable bonds is 10. The molecule has 0 aliphatic carbocycles. The Morgan fingerprint density at radius 2 is 1.10 bits per heavy atom. The van der Waals surface area contributed by atoms with Crippen molar-refractivity contribution in [3.63, 3.8) is 0 Å². The largest absolute Gasteiger partial charge is 0.378 e. The van der Waals surface area contributed by atoms with Crippen LogP contribution >= 0.6 is 22.6 Å². The van der Waals surface area contributed by atoms with Gasteiger partial charge in [-0.05, 0) is 6.42 Å². The van der Waals surface area contributed by atoms with Gasteiger partial charge < -0.3 is 0 Å². The Labute approximate surface area is 131 Å². The van der Waals surface area contributed by atoms with Crippen molar-refractivity contribution in [2.45, 2.75) is 69.1 Å². The van der Waals surface area contributed by atoms with E-state index in [1.807, 2.05) is 6.92 Å². The molecule has 0 N–H and O–H groups in total. The van der Waals surface area contributed by atoms with Gasteiger partial charge in [0.05, 0.1) is 4.43 Å². The molecule has 0 spiro atoms. The van der Waals surface area contributed by atoms with E-state index in [1.54, 1.807) is 0 Å². The fourth-order valence-corrected chi connectivity index (χ4v) is 2.13. The van der Waals surface area contributed by atoms with Crippen LogP contribution in [-0.2, 0) is 0 Å². The minimum atomic E-state index is -6.10. The fraction of sp³-hybridized carbons (Fsp3) is 1.00. The van der Waals surface area contributed by atoms with Gasteiger partial charge in [0, 0.05) is 6.42 Å². The summed E-state index contributed by atoms with van der Waals surface area (Å²) in [5.74, 6) is -22.6. The van der Waals surface area contributed by atoms with E-state index in [-0.39, 0.29) is 6.42 Å². The van der Waals surface area contributed by atoms with Gasteiger partial charge in [0.15, 0.2) is 0 Å². The molecule has 128 valence electrons. The molecule has 0 aromatic heterocycles. The van der Waals surface area contributed by atoms with E-state index < -0.39 is 41.0 Å². The van der Waals surface area contributed by atoms with E-state index >= 15 is 0 Å². The third-order valence-corrected chi connectivity index (χ3v) is 4.03. The molecule has 0 fully saturated rings. The molecule has 0 aliphatic rings. The number of alkyl halides is 9. The predicted octanol–water partition coefficient (Wildman–Crippen LogP) is 6.32. The molecule has 0 amide bonds. The summed E-state index contributed by atoms with van der Waals surface area (Å²) in [7, 11) is 0. The lowest BCUT2D eigenvalue weighted by Crippen LogP contribution is -2.62. The lowest BCUT2D eigenvalue weighted by molar-refractivity contribution is -0.361. The van der Waals surface area contributed by atoms with Crippen molar-refractivity contribution in [1.29, 1.82) is 0 Å². The molecule has 21 heavy (non-hydrogen) atoms. The number of halogens is 9. The maximum atomic E-state index is 13.3. The summed E-state index contributed by atoms with van der Waals surface area (Å²) >= 11 is 0.759. The van der Waals surface area contributed by atoms with Crippen LogP contribution in [-0.4, -0.2) is 28.1 Å². The number of hydrogen-bond acceptors (Lipinski definition) is 0. The van der Waals surface area contributed by atoms with Crippen LogP contribution in [0.3, 0.4) is 0 Å². The van der Waals surface area contributed by atoms with E-state index in [9.17, 15) is 35.1 Å². The molecule has 0 aromatic carbocycles. The zero-order valence-electron chi connectivity index (χ0n) is 11.4. The monoisotopic (exact) mass is 440 g/mol. The van der Waals surface area contributed by atoms with E-state index in [4.69, 9.17) is 0 Å². The summed E-state index contributed by atoms with van der Waals surface area (Å²) in [6, 6.07) is 0. The lowest BCUT2D eigenvalue weighted by atomic mass is 9.95. The maximum Gasteiger partial charge on any atom is 0.378 e. The predicted molar refractivity (Wildman–Crippen MR) is 72.1 cm³/mol. The summed E-state index contributed by atoms with van der Waals surface area (Å²) in [4.78, 5) is 0. The van der Waals surface area contributed by atoms with Crippen molar-refractivity contribution >= 4 is 22.6 Å². The molecule has 0 rings (SSSR count). The van der Waals surface area contributed by atoms with Gasteiger partial charge in [-0.25, -0.2) is 0 Å². The highest BCUT2D eigenvalue weighted by Crippen LogP contribution is 2.54. The Hall–Kier alpha value is 0.170. The molecular weight excluding hydrogens is 423 g/mol. The van der Waals surface area contributed by atoms with Crippen LogP contribution in [0.5, 0.6) is 0 Å². The van der Waals surface area contributed by atoms with Crippen molar-refractivity contribution in [3.8, 4) is 0 Å². The highest BCUT2D eigenvalue weighted by molar-refractivity contribution is 14.1. The van der Waals surface area contributed by atoms with Crippen LogP contribution in [0.2, 0.25) is 0 Å². The lowest BCUT2D eigenvalue weighted by Gasteiger charge is -2.36. The molecule has 0 bridgehead atoms. The number of hydrogen-bond donors (Lipinski definition) is 0. The molecular formula is C12H17F8I. The third kappa shape index (κ3) is 4.57. The Balaban J connectivity index is 4.93. The summed E-state index contributed by atoms with van der Waals surface area (Å²) < 4.78 is 103. The topological polar surface area (TPSA) is 0 Å². The second-order valence-corrected chi connectivity index (χ2v) is 5.62. The van der Waals surface area contributed by atoms with Gasteiger partial charge in [0.1, 0.15) is 0 Å². The van der Waals surface area contributed by atoms with E-state index in [0.717, 1.165) is 29.0 Å². The molecule has 0 atom stereocenters. The first-order valence-electron chi connectivity index (χ1n) is 6.44. The SMILES string of the molecule is CCCCCCCC(F)(F)C(F)(F)C(F)(F)C(F)(F)CI. The van der Waals surface area contributed by atoms with E-state index in [2.05, 4.69) is 0 Å². The van der Waals surface area contributed by atoms with Gasteiger partial charge >= 0.3 is 23.7 Å². The summed E-state index contributed by atoms with van der Waals surface area (Å²) in [5.41, 5.74) is 0. The first kappa shape index (κ1) is 21.2. The maximum absolute atomic E-state index is 13.3. The molecule has 0 nitrogen and oxygen atoms in total. The van der Waals surface area contributed by atoms with Crippen LogP contribution in [0.1, 0.15) is 45.4 Å². The Bertz CT molecular complexity index is 316. The third-order valence-electron chi connectivity index (χ3n) is 3.08. The molecule has 9 heteroatoms. The second-order valence-electron chi connectivity index (χ2n) is 4.86. The van der Waals surface area contributed by atoms with Crippen molar-refractivity contribution < 1.29 is 35.1 Å². The molecule has 0 unspecified atom stereocenters. The smallest absolute Gasteiger partial charge is 0.200 e. The Morgan fingerprint density at radius 1 is 0.667 bits per heavy atom. The first-order valence-corrected chi connectivity index (χ1v) is 7.97. The van der Waals surface area contributed by atoms with Gasteiger partial charge in [0.25, 0.3) is 0 Å². The van der Waals surface area contributed by atoms with Crippen molar-refractivity contribution in [1.82, 2.24) is 0 Å². The van der Waals surface area contributed by atoms with Crippen molar-refractivity contribution in [2.75, 3.05) is 4.43 Å². The van der Waals surface area contributed by atoms with Crippen LogP contribution < -0.4 is 0 Å². The highest BCUT2D eigenvalue weighted by atomic mass is 127. The summed E-state index contributed by atoms with van der Waals surface area (Å²) in [5, 5.41) is 0. The fourth-order valence-electron chi connectivity index (χ4n) is 1.65. The summed E-state index contributed by atoms with van der Waals surface area (Å²) in [6.07, 6.45) is 0.175. The second kappa shape index (κ2) is 7.63. The Morgan fingerprint density at radius 3 is 1.52 bits per heavy atom. The Kier molecular flexibility index (Phi) is 7.69. The first-order chi connectivity index (χ1) is 9.37. The van der Waals surface area contributed by atoms with Crippen molar-refractivity contribution in [2.24, 2.45) is 0 Å². The molecule has 0 aliphatic heterocycles.